The van der Waals surface area contributed by atoms with Crippen LogP contribution in [0, 0.1) is 0 Å². The van der Waals surface area contributed by atoms with E-state index in [-0.39, 0.29) is 0 Å². The molecule has 0 bridgehead atoms. The summed E-state index contributed by atoms with van der Waals surface area (Å²) in [6, 6.07) is 9.83. The van der Waals surface area contributed by atoms with E-state index < -0.39 is 0 Å². The topological polar surface area (TPSA) is 64.9 Å². The van der Waals surface area contributed by atoms with Gasteiger partial charge in [-0.15, -0.1) is 11.3 Å². The van der Waals surface area contributed by atoms with Gasteiger partial charge in [0, 0.05) is 6.20 Å². The smallest absolute Gasteiger partial charge is 0.188 e. The lowest BCUT2D eigenvalue weighted by molar-refractivity contribution is 0.437. The Balaban J connectivity index is 2.20. The molecule has 0 saturated carbocycles. The van der Waals surface area contributed by atoms with Crippen molar-refractivity contribution in [3.8, 4) is 21.8 Å². The normalized spacial score (nSPS) is 10.6. The molecule has 4 nitrogen and oxygen atoms in total. The Morgan fingerprint density at radius 2 is 2.00 bits per heavy atom. The van der Waals surface area contributed by atoms with Gasteiger partial charge >= 0.3 is 0 Å². The van der Waals surface area contributed by atoms with E-state index in [9.17, 15) is 0 Å². The van der Waals surface area contributed by atoms with Gasteiger partial charge in [-0.05, 0) is 5.56 Å². The molecular weight excluding hydrogens is 234 g/mol. The van der Waals surface area contributed by atoms with E-state index >= 15 is 0 Å². The first kappa shape index (κ1) is 10.0. The van der Waals surface area contributed by atoms with Crippen LogP contribution < -0.4 is 5.73 Å². The third-order valence-corrected chi connectivity index (χ3v) is 3.21. The van der Waals surface area contributed by atoms with Crippen LogP contribution in [-0.2, 0) is 0 Å². The van der Waals surface area contributed by atoms with Crippen molar-refractivity contribution >= 4 is 17.2 Å². The fourth-order valence-electron chi connectivity index (χ4n) is 1.68. The summed E-state index contributed by atoms with van der Waals surface area (Å²) in [4.78, 5) is 4.96. The number of nitrogens with zero attached hydrogens (tertiary/aromatic N) is 2. The third kappa shape index (κ3) is 1.70. The SMILES string of the molecule is Nc1noc(-c2cncs2)c1-c1ccccc1. The molecule has 2 aromatic heterocycles. The molecule has 0 fully saturated rings. The van der Waals surface area contributed by atoms with Crippen molar-refractivity contribution in [1.29, 1.82) is 0 Å². The lowest BCUT2D eigenvalue weighted by Crippen LogP contribution is -1.87. The standard InChI is InChI=1S/C12H9N3OS/c13-12-10(8-4-2-1-3-5-8)11(16-15-12)9-6-14-7-17-9/h1-7H,(H2,13,15). The van der Waals surface area contributed by atoms with Crippen LogP contribution in [0.2, 0.25) is 0 Å². The molecule has 0 unspecified atom stereocenters. The second kappa shape index (κ2) is 4.03. The van der Waals surface area contributed by atoms with E-state index in [0.29, 0.717) is 11.6 Å². The highest BCUT2D eigenvalue weighted by Gasteiger charge is 2.18. The molecule has 3 rings (SSSR count). The van der Waals surface area contributed by atoms with E-state index in [2.05, 4.69) is 10.1 Å². The van der Waals surface area contributed by atoms with Gasteiger partial charge in [-0.2, -0.15) is 0 Å². The zero-order valence-corrected chi connectivity index (χ0v) is 9.65. The highest BCUT2D eigenvalue weighted by Crippen LogP contribution is 2.37. The summed E-state index contributed by atoms with van der Waals surface area (Å²) in [7, 11) is 0. The van der Waals surface area contributed by atoms with Gasteiger partial charge in [0.1, 0.15) is 0 Å². The first-order valence-corrected chi connectivity index (χ1v) is 5.93. The van der Waals surface area contributed by atoms with Gasteiger partial charge in [-0.1, -0.05) is 35.5 Å². The summed E-state index contributed by atoms with van der Waals surface area (Å²) < 4.78 is 5.29. The Morgan fingerprint density at radius 1 is 1.18 bits per heavy atom. The molecule has 0 atom stereocenters. The summed E-state index contributed by atoms with van der Waals surface area (Å²) in [5.74, 6) is 1.08. The van der Waals surface area contributed by atoms with E-state index in [1.165, 1.54) is 11.3 Å². The monoisotopic (exact) mass is 243 g/mol. The van der Waals surface area contributed by atoms with E-state index in [1.807, 2.05) is 30.3 Å². The van der Waals surface area contributed by atoms with E-state index in [0.717, 1.165) is 16.0 Å². The van der Waals surface area contributed by atoms with Crippen molar-refractivity contribution in [2.75, 3.05) is 5.73 Å². The maximum Gasteiger partial charge on any atom is 0.188 e. The molecule has 0 amide bonds. The molecule has 0 aliphatic carbocycles. The summed E-state index contributed by atoms with van der Waals surface area (Å²) in [6.07, 6.45) is 1.75. The van der Waals surface area contributed by atoms with Gasteiger partial charge in [-0.3, -0.25) is 4.98 Å². The Bertz CT molecular complexity index is 617. The van der Waals surface area contributed by atoms with Crippen molar-refractivity contribution in [2.45, 2.75) is 0 Å². The van der Waals surface area contributed by atoms with Gasteiger partial charge in [-0.25, -0.2) is 0 Å². The van der Waals surface area contributed by atoms with Crippen LogP contribution in [0.5, 0.6) is 0 Å². The number of aromatic nitrogens is 2. The largest absolute Gasteiger partial charge is 0.380 e. The maximum atomic E-state index is 5.86. The maximum absolute atomic E-state index is 5.86. The summed E-state index contributed by atoms with van der Waals surface area (Å²) in [6.45, 7) is 0. The van der Waals surface area contributed by atoms with Crippen molar-refractivity contribution in [1.82, 2.24) is 10.1 Å². The van der Waals surface area contributed by atoms with Gasteiger partial charge in [0.25, 0.3) is 0 Å². The molecule has 5 heteroatoms. The number of thiazole rings is 1. The van der Waals surface area contributed by atoms with Crippen LogP contribution in [-0.4, -0.2) is 10.1 Å². The number of anilines is 1. The average molecular weight is 243 g/mol. The third-order valence-electron chi connectivity index (χ3n) is 2.44. The van der Waals surface area contributed by atoms with Gasteiger partial charge in [0.05, 0.1) is 16.0 Å². The molecule has 0 saturated heterocycles. The van der Waals surface area contributed by atoms with Crippen molar-refractivity contribution in [3.05, 3.63) is 42.0 Å². The number of nitrogens with two attached hydrogens (primary N) is 1. The number of nitrogen functional groups attached to an aromatic ring is 1. The highest BCUT2D eigenvalue weighted by molar-refractivity contribution is 7.13. The number of benzene rings is 1. The molecule has 0 radical (unpaired) electrons. The zero-order valence-electron chi connectivity index (χ0n) is 8.83. The predicted molar refractivity (Wildman–Crippen MR) is 67.5 cm³/mol. The van der Waals surface area contributed by atoms with Crippen LogP contribution >= 0.6 is 11.3 Å². The molecular formula is C12H9N3OS. The average Bonchev–Trinajstić information content (AvgIpc) is 2.98. The molecule has 1 aromatic carbocycles. The fraction of sp³-hybridized carbons (Fsp3) is 0. The minimum atomic E-state index is 0.402. The lowest BCUT2D eigenvalue weighted by Gasteiger charge is -1.99. The summed E-state index contributed by atoms with van der Waals surface area (Å²) in [5, 5.41) is 3.83. The minimum Gasteiger partial charge on any atom is -0.380 e. The zero-order chi connectivity index (χ0) is 11.7. The Kier molecular flexibility index (Phi) is 2.38. The quantitative estimate of drug-likeness (QED) is 0.751. The summed E-state index contributed by atoms with van der Waals surface area (Å²) >= 11 is 1.50. The van der Waals surface area contributed by atoms with Crippen LogP contribution in [0.1, 0.15) is 0 Å². The van der Waals surface area contributed by atoms with Gasteiger partial charge in [0.15, 0.2) is 11.6 Å². The second-order valence-corrected chi connectivity index (χ2v) is 4.39. The lowest BCUT2D eigenvalue weighted by atomic mass is 10.1. The molecule has 2 N–H and O–H groups in total. The van der Waals surface area contributed by atoms with Crippen LogP contribution in [0.3, 0.4) is 0 Å². The molecule has 84 valence electrons. The molecule has 0 spiro atoms. The predicted octanol–water partition coefficient (Wildman–Crippen LogP) is 3.05. The van der Waals surface area contributed by atoms with Crippen LogP contribution in [0.4, 0.5) is 5.82 Å². The Hall–Kier alpha value is -2.14. The van der Waals surface area contributed by atoms with Crippen LogP contribution in [0.25, 0.3) is 21.8 Å². The number of hydrogen-bond donors (Lipinski definition) is 1. The van der Waals surface area contributed by atoms with Gasteiger partial charge in [0.2, 0.25) is 0 Å². The van der Waals surface area contributed by atoms with E-state index in [1.54, 1.807) is 11.7 Å². The highest BCUT2D eigenvalue weighted by atomic mass is 32.1. The van der Waals surface area contributed by atoms with Crippen molar-refractivity contribution < 1.29 is 4.52 Å². The minimum absolute atomic E-state index is 0.402. The van der Waals surface area contributed by atoms with Crippen molar-refractivity contribution in [2.24, 2.45) is 0 Å². The fourth-order valence-corrected chi connectivity index (χ4v) is 2.29. The first-order chi connectivity index (χ1) is 8.36. The molecule has 3 aromatic rings. The summed E-state index contributed by atoms with van der Waals surface area (Å²) in [5.41, 5.74) is 9.44. The van der Waals surface area contributed by atoms with Gasteiger partial charge < -0.3 is 10.3 Å². The molecule has 0 aliphatic heterocycles. The molecule has 17 heavy (non-hydrogen) atoms. The number of hydrogen-bond acceptors (Lipinski definition) is 5. The molecule has 2 heterocycles. The number of rotatable bonds is 2. The van der Waals surface area contributed by atoms with Crippen molar-refractivity contribution in [3.63, 3.8) is 0 Å². The van der Waals surface area contributed by atoms with E-state index in [4.69, 9.17) is 10.3 Å². The van der Waals surface area contributed by atoms with Crippen LogP contribution in [0.15, 0.2) is 46.6 Å². The molecule has 0 aliphatic rings. The second-order valence-electron chi connectivity index (χ2n) is 3.50. The first-order valence-electron chi connectivity index (χ1n) is 5.05. The Labute approximate surface area is 102 Å². The Morgan fingerprint density at radius 3 is 2.71 bits per heavy atom.